The molecule has 1 heterocycles. The van der Waals surface area contributed by atoms with E-state index in [0.717, 1.165) is 27.6 Å². The summed E-state index contributed by atoms with van der Waals surface area (Å²) in [6, 6.07) is 4.17. The molecule has 1 aliphatic rings. The van der Waals surface area contributed by atoms with E-state index in [-0.39, 0.29) is 5.69 Å². The Morgan fingerprint density at radius 2 is 1.95 bits per heavy atom. The zero-order valence-corrected chi connectivity index (χ0v) is 14.7. The Hall–Kier alpha value is -1.34. The Kier molecular flexibility index (Phi) is 4.54. The third kappa shape index (κ3) is 3.35. The fourth-order valence-electron chi connectivity index (χ4n) is 3.01. The minimum absolute atomic E-state index is 0.212. The summed E-state index contributed by atoms with van der Waals surface area (Å²) >= 11 is 8.94. The van der Waals surface area contributed by atoms with Crippen LogP contribution in [0.2, 0.25) is 0 Å². The highest BCUT2D eigenvalue weighted by Gasteiger charge is 2.21. The van der Waals surface area contributed by atoms with Crippen LogP contribution in [0.5, 0.6) is 0 Å². The number of hydrogen-bond acceptors (Lipinski definition) is 2. The Bertz CT molecular complexity index is 754. The summed E-state index contributed by atoms with van der Waals surface area (Å²) in [6.45, 7) is 2.27. The van der Waals surface area contributed by atoms with Crippen molar-refractivity contribution in [2.75, 3.05) is 5.32 Å². The molecule has 118 valence electrons. The second-order valence-corrected chi connectivity index (χ2v) is 7.19. The molecule has 3 rings (SSSR count). The van der Waals surface area contributed by atoms with E-state index in [2.05, 4.69) is 43.5 Å². The maximum Gasteiger partial charge on any atom is 0.323 e. The largest absolute Gasteiger partial charge is 0.359 e. The number of H-pyrrole nitrogens is 2. The summed E-state index contributed by atoms with van der Waals surface area (Å²) in [5, 5.41) is 7.26. The zero-order chi connectivity index (χ0) is 15.7. The van der Waals surface area contributed by atoms with Crippen LogP contribution in [0.1, 0.15) is 32.6 Å². The molecule has 0 saturated heterocycles. The molecule has 1 saturated carbocycles. The van der Waals surface area contributed by atoms with Crippen molar-refractivity contribution in [3.05, 3.63) is 27.1 Å². The van der Waals surface area contributed by atoms with Crippen molar-refractivity contribution in [3.63, 3.8) is 0 Å². The van der Waals surface area contributed by atoms with Crippen molar-refractivity contribution in [1.82, 2.24) is 15.3 Å². The number of hydrogen-bond donors (Lipinski definition) is 4. The molecule has 1 aromatic heterocycles. The Morgan fingerprint density at radius 3 is 2.68 bits per heavy atom. The lowest BCUT2D eigenvalue weighted by Crippen LogP contribution is -2.43. The van der Waals surface area contributed by atoms with Crippen LogP contribution in [0, 0.1) is 5.92 Å². The molecule has 4 N–H and O–H groups in total. The number of nitrogens with one attached hydrogen (secondary N) is 4. The van der Waals surface area contributed by atoms with Crippen LogP contribution in [0.25, 0.3) is 11.0 Å². The zero-order valence-electron chi connectivity index (χ0n) is 12.3. The van der Waals surface area contributed by atoms with Gasteiger partial charge in [0.15, 0.2) is 5.11 Å². The number of halogens is 1. The van der Waals surface area contributed by atoms with Crippen molar-refractivity contribution in [2.45, 2.75) is 38.6 Å². The maximum absolute atomic E-state index is 11.3. The highest BCUT2D eigenvalue weighted by molar-refractivity contribution is 9.10. The van der Waals surface area contributed by atoms with Gasteiger partial charge in [-0.25, -0.2) is 4.79 Å². The maximum atomic E-state index is 11.3. The van der Waals surface area contributed by atoms with Crippen molar-refractivity contribution in [1.29, 1.82) is 0 Å². The van der Waals surface area contributed by atoms with E-state index in [1.165, 1.54) is 19.3 Å². The molecule has 0 aliphatic heterocycles. The molecular weight excluding hydrogens is 364 g/mol. The van der Waals surface area contributed by atoms with Gasteiger partial charge >= 0.3 is 5.69 Å². The molecule has 7 heteroatoms. The summed E-state index contributed by atoms with van der Waals surface area (Å²) in [4.78, 5) is 16.8. The van der Waals surface area contributed by atoms with Crippen molar-refractivity contribution in [3.8, 4) is 0 Å². The van der Waals surface area contributed by atoms with Gasteiger partial charge in [-0.1, -0.05) is 19.8 Å². The smallest absolute Gasteiger partial charge is 0.323 e. The van der Waals surface area contributed by atoms with Gasteiger partial charge in [0.2, 0.25) is 0 Å². The van der Waals surface area contributed by atoms with Gasteiger partial charge in [0, 0.05) is 10.5 Å². The molecule has 0 amide bonds. The molecule has 0 spiro atoms. The first kappa shape index (κ1) is 15.6. The van der Waals surface area contributed by atoms with Crippen LogP contribution < -0.4 is 16.3 Å². The fourth-order valence-corrected chi connectivity index (χ4v) is 3.71. The molecule has 0 bridgehead atoms. The molecule has 1 fully saturated rings. The average molecular weight is 383 g/mol. The molecule has 1 aromatic carbocycles. The number of thiocarbonyl (C=S) groups is 1. The van der Waals surface area contributed by atoms with Gasteiger partial charge in [-0.05, 0) is 59.0 Å². The van der Waals surface area contributed by atoms with Gasteiger partial charge in [-0.15, -0.1) is 0 Å². The van der Waals surface area contributed by atoms with Crippen molar-refractivity contribution in [2.24, 2.45) is 5.92 Å². The molecule has 2 atom stereocenters. The standard InChI is InChI=1S/C15H19BrN4OS/c1-8-4-2-3-5-10(8)19-15(22)20-11-7-13-12(6-9(11)16)17-14(21)18-13/h6-8,10H,2-5H2,1H3,(H2,17,18,21)(H2,19,20,22)/t8-,10-/m1/s1. The summed E-state index contributed by atoms with van der Waals surface area (Å²) in [6.07, 6.45) is 4.97. The predicted molar refractivity (Wildman–Crippen MR) is 97.4 cm³/mol. The minimum atomic E-state index is -0.212. The minimum Gasteiger partial charge on any atom is -0.359 e. The third-order valence-corrected chi connectivity index (χ3v) is 5.16. The molecule has 22 heavy (non-hydrogen) atoms. The van der Waals surface area contributed by atoms with E-state index in [4.69, 9.17) is 12.2 Å². The molecular formula is C15H19BrN4OS. The van der Waals surface area contributed by atoms with E-state index in [1.807, 2.05) is 12.1 Å². The Balaban J connectivity index is 1.73. The van der Waals surface area contributed by atoms with E-state index in [1.54, 1.807) is 0 Å². The highest BCUT2D eigenvalue weighted by Crippen LogP contribution is 2.27. The normalized spacial score (nSPS) is 21.7. The van der Waals surface area contributed by atoms with E-state index < -0.39 is 0 Å². The summed E-state index contributed by atoms with van der Waals surface area (Å²) in [5.74, 6) is 0.639. The second-order valence-electron chi connectivity index (χ2n) is 5.92. The van der Waals surface area contributed by atoms with Gasteiger partial charge in [0.25, 0.3) is 0 Å². The van der Waals surface area contributed by atoms with Gasteiger partial charge in [-0.2, -0.15) is 0 Å². The quantitative estimate of drug-likeness (QED) is 0.599. The average Bonchev–Trinajstić information content (AvgIpc) is 2.81. The molecule has 0 unspecified atom stereocenters. The second kappa shape index (κ2) is 6.42. The lowest BCUT2D eigenvalue weighted by molar-refractivity contribution is 0.309. The first-order chi connectivity index (χ1) is 10.5. The van der Waals surface area contributed by atoms with Crippen LogP contribution in [-0.2, 0) is 0 Å². The molecule has 2 aromatic rings. The predicted octanol–water partition coefficient (Wildman–Crippen LogP) is 3.48. The molecule has 0 radical (unpaired) electrons. The number of aromatic amines is 2. The molecule has 1 aliphatic carbocycles. The van der Waals surface area contributed by atoms with Crippen LogP contribution >= 0.6 is 28.1 Å². The first-order valence-corrected chi connectivity index (χ1v) is 8.72. The highest BCUT2D eigenvalue weighted by atomic mass is 79.9. The van der Waals surface area contributed by atoms with Crippen LogP contribution in [0.3, 0.4) is 0 Å². The van der Waals surface area contributed by atoms with Crippen molar-refractivity contribution >= 4 is 50.0 Å². The number of fused-ring (bicyclic) bond motifs is 1. The number of imidazole rings is 1. The van der Waals surface area contributed by atoms with E-state index >= 15 is 0 Å². The summed E-state index contributed by atoms with van der Waals surface area (Å²) in [7, 11) is 0. The van der Waals surface area contributed by atoms with Gasteiger partial charge in [0.05, 0.1) is 16.7 Å². The summed E-state index contributed by atoms with van der Waals surface area (Å²) in [5.41, 5.74) is 2.14. The summed E-state index contributed by atoms with van der Waals surface area (Å²) < 4.78 is 0.857. The van der Waals surface area contributed by atoms with Crippen LogP contribution in [0.15, 0.2) is 21.4 Å². The van der Waals surface area contributed by atoms with Crippen molar-refractivity contribution < 1.29 is 0 Å². The fraction of sp³-hybridized carbons (Fsp3) is 0.467. The molecule has 5 nitrogen and oxygen atoms in total. The number of rotatable bonds is 2. The van der Waals surface area contributed by atoms with Crippen LogP contribution in [0.4, 0.5) is 5.69 Å². The number of benzene rings is 1. The lowest BCUT2D eigenvalue weighted by atomic mass is 9.86. The van der Waals surface area contributed by atoms with Crippen LogP contribution in [-0.4, -0.2) is 21.1 Å². The topological polar surface area (TPSA) is 72.7 Å². The van der Waals surface area contributed by atoms with Gasteiger partial charge in [-0.3, -0.25) is 0 Å². The third-order valence-electron chi connectivity index (χ3n) is 4.28. The lowest BCUT2D eigenvalue weighted by Gasteiger charge is -2.30. The number of anilines is 1. The van der Waals surface area contributed by atoms with E-state index in [9.17, 15) is 4.79 Å². The number of aromatic nitrogens is 2. The SMILES string of the molecule is C[C@@H]1CCCC[C@H]1NC(=S)Nc1cc2[nH]c(=O)[nH]c2cc1Br. The Labute approximate surface area is 142 Å². The Morgan fingerprint density at radius 1 is 1.27 bits per heavy atom. The first-order valence-electron chi connectivity index (χ1n) is 7.52. The monoisotopic (exact) mass is 382 g/mol. The van der Waals surface area contributed by atoms with E-state index in [0.29, 0.717) is 17.1 Å². The van der Waals surface area contributed by atoms with Gasteiger partial charge in [0.1, 0.15) is 0 Å². The van der Waals surface area contributed by atoms with Gasteiger partial charge < -0.3 is 20.6 Å².